The number of rotatable bonds is 5. The largest absolute Gasteiger partial charge is 0.338 e. The van der Waals surface area contributed by atoms with Crippen LogP contribution in [0.15, 0.2) is 29.4 Å². The lowest BCUT2D eigenvalue weighted by molar-refractivity contribution is 0.118. The van der Waals surface area contributed by atoms with E-state index in [1.165, 1.54) is 18.9 Å². The molecule has 1 heterocycles. The highest BCUT2D eigenvalue weighted by molar-refractivity contribution is 5.94. The van der Waals surface area contributed by atoms with E-state index in [1.54, 1.807) is 11.1 Å². The number of unbranched alkanes of at least 4 members (excludes halogenated alkanes) is 1. The van der Waals surface area contributed by atoms with Gasteiger partial charge in [-0.25, -0.2) is 14.2 Å². The maximum Gasteiger partial charge on any atom is 0.338 e. The van der Waals surface area contributed by atoms with Crippen molar-refractivity contribution in [2.45, 2.75) is 78.2 Å². The van der Waals surface area contributed by atoms with Gasteiger partial charge in [0.1, 0.15) is 5.82 Å². The first kappa shape index (κ1) is 20.4. The average molecular weight is 400 g/mol. The number of hydrogen-bond donors (Lipinski definition) is 1. The Hall–Kier alpha value is -1.91. The van der Waals surface area contributed by atoms with E-state index in [0.717, 1.165) is 31.4 Å². The predicted octanol–water partition coefficient (Wildman–Crippen LogP) is 5.70. The molecule has 1 aromatic carbocycles. The van der Waals surface area contributed by atoms with Crippen LogP contribution in [0, 0.1) is 22.6 Å². The summed E-state index contributed by atoms with van der Waals surface area (Å²) < 4.78 is 14.5. The zero-order valence-electron chi connectivity index (χ0n) is 18.2. The molecule has 3 aliphatic rings. The maximum absolute atomic E-state index is 14.5. The smallest absolute Gasteiger partial charge is 0.333 e. The van der Waals surface area contributed by atoms with Crippen molar-refractivity contribution in [2.75, 3.05) is 6.54 Å². The Morgan fingerprint density at radius 1 is 1.31 bits per heavy atom. The van der Waals surface area contributed by atoms with Gasteiger partial charge in [0, 0.05) is 17.7 Å². The highest BCUT2D eigenvalue weighted by Crippen LogP contribution is 2.65. The number of halogens is 1. The fourth-order valence-corrected chi connectivity index (χ4v) is 5.94. The monoisotopic (exact) mass is 399 g/mol. The molecular formula is C24H34FN3O. The highest BCUT2D eigenvalue weighted by atomic mass is 19.1. The second-order valence-electron chi connectivity index (χ2n) is 9.96. The van der Waals surface area contributed by atoms with Crippen LogP contribution in [0.5, 0.6) is 0 Å². The summed E-state index contributed by atoms with van der Waals surface area (Å²) in [6.07, 6.45) is 6.32. The van der Waals surface area contributed by atoms with Crippen LogP contribution in [-0.4, -0.2) is 29.3 Å². The fraction of sp³-hybridized carbons (Fsp3) is 0.667. The third-order valence-corrected chi connectivity index (χ3v) is 8.40. The van der Waals surface area contributed by atoms with Crippen LogP contribution in [0.3, 0.4) is 0 Å². The van der Waals surface area contributed by atoms with Crippen LogP contribution in [-0.2, 0) is 0 Å². The molecule has 2 bridgehead atoms. The molecule has 0 saturated heterocycles. The van der Waals surface area contributed by atoms with Crippen molar-refractivity contribution in [2.24, 2.45) is 21.8 Å². The van der Waals surface area contributed by atoms with Gasteiger partial charge in [0.05, 0.1) is 6.54 Å². The van der Waals surface area contributed by atoms with Gasteiger partial charge in [-0.05, 0) is 60.5 Å². The number of carbonyl (C=O) groups excluding carboxylic acids is 1. The number of benzene rings is 1. The zero-order valence-corrected chi connectivity index (χ0v) is 18.2. The molecule has 4 nitrogen and oxygen atoms in total. The topological polar surface area (TPSA) is 44.7 Å². The Morgan fingerprint density at radius 2 is 2.07 bits per heavy atom. The summed E-state index contributed by atoms with van der Waals surface area (Å²) in [5, 5.41) is 9.50. The third-order valence-electron chi connectivity index (χ3n) is 8.40. The Morgan fingerprint density at radius 3 is 2.69 bits per heavy atom. The van der Waals surface area contributed by atoms with E-state index in [0.29, 0.717) is 18.0 Å². The molecule has 0 radical (unpaired) electrons. The summed E-state index contributed by atoms with van der Waals surface area (Å²) in [7, 11) is 0. The van der Waals surface area contributed by atoms with E-state index >= 15 is 0 Å². The number of urea groups is 1. The lowest BCUT2D eigenvalue weighted by atomic mass is 9.69. The molecule has 0 spiro atoms. The van der Waals surface area contributed by atoms with Gasteiger partial charge in [-0.2, -0.15) is 5.10 Å². The minimum Gasteiger partial charge on any atom is -0.333 e. The van der Waals surface area contributed by atoms with Crippen LogP contribution < -0.4 is 5.32 Å². The standard InChI is InChI=1S/C24H34FN3O/c1-5-6-11-20-18(17-9-7-8-10-19(17)25)15-28(27-20)22(29)26-21-14-16-12-13-24(21,4)23(16,2)3/h7-10,16,18,21H,5-6,11-15H2,1-4H3,(H,26,29)/t16-,18?,21+,24-/m0/s1. The third kappa shape index (κ3) is 3.27. The molecule has 0 aromatic heterocycles. The van der Waals surface area contributed by atoms with E-state index in [1.807, 2.05) is 12.1 Å². The molecule has 1 N–H and O–H groups in total. The Kier molecular flexibility index (Phi) is 5.20. The zero-order chi connectivity index (χ0) is 20.8. The highest BCUT2D eigenvalue weighted by Gasteiger charge is 2.61. The molecule has 2 amide bonds. The van der Waals surface area contributed by atoms with Gasteiger partial charge < -0.3 is 5.32 Å². The van der Waals surface area contributed by atoms with Crippen LogP contribution in [0.2, 0.25) is 0 Å². The lowest BCUT2D eigenvalue weighted by Crippen LogP contribution is -2.50. The van der Waals surface area contributed by atoms with Crippen LogP contribution >= 0.6 is 0 Å². The van der Waals surface area contributed by atoms with Crippen molar-refractivity contribution in [3.63, 3.8) is 0 Å². The molecule has 1 unspecified atom stereocenters. The number of carbonyl (C=O) groups is 1. The normalized spacial score (nSPS) is 32.5. The second kappa shape index (κ2) is 7.41. The molecule has 2 aliphatic carbocycles. The molecule has 4 atom stereocenters. The van der Waals surface area contributed by atoms with Crippen molar-refractivity contribution in [1.82, 2.24) is 10.3 Å². The van der Waals surface area contributed by atoms with Gasteiger partial charge in [-0.3, -0.25) is 0 Å². The number of amides is 2. The van der Waals surface area contributed by atoms with Crippen molar-refractivity contribution in [1.29, 1.82) is 0 Å². The van der Waals surface area contributed by atoms with Crippen molar-refractivity contribution in [3.05, 3.63) is 35.6 Å². The summed E-state index contributed by atoms with van der Waals surface area (Å²) >= 11 is 0. The van der Waals surface area contributed by atoms with Crippen LogP contribution in [0.1, 0.15) is 77.7 Å². The Labute approximate surface area is 173 Å². The van der Waals surface area contributed by atoms with Gasteiger partial charge in [-0.15, -0.1) is 0 Å². The predicted molar refractivity (Wildman–Crippen MR) is 114 cm³/mol. The van der Waals surface area contributed by atoms with E-state index < -0.39 is 0 Å². The molecule has 5 heteroatoms. The molecule has 4 rings (SSSR count). The Bertz CT molecular complexity index is 820. The summed E-state index contributed by atoms with van der Waals surface area (Å²) in [6, 6.07) is 6.93. The van der Waals surface area contributed by atoms with Crippen molar-refractivity contribution in [3.8, 4) is 0 Å². The SMILES string of the molecule is CCCCC1=NN(C(=O)N[C@@H]2C[C@@H]3CC[C@]2(C)C3(C)C)CC1c1ccccc1F. The first-order valence-electron chi connectivity index (χ1n) is 11.2. The molecular weight excluding hydrogens is 365 g/mol. The van der Waals surface area contributed by atoms with E-state index in [2.05, 4.69) is 38.1 Å². The quantitative estimate of drug-likeness (QED) is 0.679. The second-order valence-corrected chi connectivity index (χ2v) is 9.96. The van der Waals surface area contributed by atoms with E-state index in [-0.39, 0.29) is 34.6 Å². The van der Waals surface area contributed by atoms with Gasteiger partial charge in [-0.1, -0.05) is 52.3 Å². The van der Waals surface area contributed by atoms with Gasteiger partial charge in [0.2, 0.25) is 0 Å². The molecule has 1 aliphatic heterocycles. The number of hydrazone groups is 1. The Balaban J connectivity index is 1.51. The van der Waals surface area contributed by atoms with Gasteiger partial charge in [0.15, 0.2) is 0 Å². The molecule has 29 heavy (non-hydrogen) atoms. The molecule has 2 saturated carbocycles. The summed E-state index contributed by atoms with van der Waals surface area (Å²) in [5.41, 5.74) is 1.95. The number of nitrogens with zero attached hydrogens (tertiary/aromatic N) is 2. The summed E-state index contributed by atoms with van der Waals surface area (Å²) in [6.45, 7) is 9.58. The van der Waals surface area contributed by atoms with Gasteiger partial charge >= 0.3 is 6.03 Å². The van der Waals surface area contributed by atoms with Crippen LogP contribution in [0.4, 0.5) is 9.18 Å². The van der Waals surface area contributed by atoms with Gasteiger partial charge in [0.25, 0.3) is 0 Å². The van der Waals surface area contributed by atoms with E-state index in [9.17, 15) is 9.18 Å². The molecule has 1 aromatic rings. The first-order chi connectivity index (χ1) is 13.8. The fourth-order valence-electron chi connectivity index (χ4n) is 5.94. The minimum absolute atomic E-state index is 0.132. The van der Waals surface area contributed by atoms with Crippen molar-refractivity contribution < 1.29 is 9.18 Å². The number of hydrogen-bond acceptors (Lipinski definition) is 2. The van der Waals surface area contributed by atoms with Crippen LogP contribution in [0.25, 0.3) is 0 Å². The summed E-state index contributed by atoms with van der Waals surface area (Å²) in [4.78, 5) is 13.1. The van der Waals surface area contributed by atoms with Crippen molar-refractivity contribution >= 4 is 11.7 Å². The maximum atomic E-state index is 14.5. The average Bonchev–Trinajstić information content (AvgIpc) is 3.26. The number of nitrogens with one attached hydrogen (secondary N) is 1. The lowest BCUT2D eigenvalue weighted by Gasteiger charge is -2.39. The first-order valence-corrected chi connectivity index (χ1v) is 11.2. The summed E-state index contributed by atoms with van der Waals surface area (Å²) in [5.74, 6) is 0.304. The molecule has 158 valence electrons. The van der Waals surface area contributed by atoms with E-state index in [4.69, 9.17) is 0 Å². The minimum atomic E-state index is -0.216. The number of fused-ring (bicyclic) bond motifs is 2. The molecule has 2 fully saturated rings.